The maximum absolute atomic E-state index is 5.42. The first-order valence-electron chi connectivity index (χ1n) is 4.33. The second-order valence-corrected chi connectivity index (χ2v) is 7.43. The molecule has 1 fully saturated rings. The first-order valence-corrected chi connectivity index (χ1v) is 7.18. The molecule has 0 aromatic heterocycles. The molecule has 0 aromatic carbocycles. The van der Waals surface area contributed by atoms with Gasteiger partial charge in [-0.15, -0.1) is 0 Å². The Morgan fingerprint density at radius 3 is 2.73 bits per heavy atom. The van der Waals surface area contributed by atoms with Crippen LogP contribution in [0.1, 0.15) is 26.7 Å². The van der Waals surface area contributed by atoms with Gasteiger partial charge >= 0.3 is 0 Å². The molecule has 0 saturated carbocycles. The summed E-state index contributed by atoms with van der Waals surface area (Å²) in [6, 6.07) is 0. The molecule has 0 amide bonds. The molecule has 2 unspecified atom stereocenters. The lowest BCUT2D eigenvalue weighted by atomic mass is 10.5. The predicted molar refractivity (Wildman–Crippen MR) is 55.0 cm³/mol. The van der Waals surface area contributed by atoms with Crippen LogP contribution < -0.4 is 0 Å². The lowest BCUT2D eigenvalue weighted by molar-refractivity contribution is 0.135. The van der Waals surface area contributed by atoms with Crippen LogP contribution in [0.15, 0.2) is 0 Å². The zero-order valence-corrected chi connectivity index (χ0v) is 8.97. The highest BCUT2D eigenvalue weighted by Gasteiger charge is 2.51. The molecular formula is C8H17OS2+. The van der Waals surface area contributed by atoms with Crippen LogP contribution in [0.5, 0.6) is 0 Å². The van der Waals surface area contributed by atoms with E-state index in [0.29, 0.717) is 0 Å². The van der Waals surface area contributed by atoms with E-state index in [1.807, 2.05) is 0 Å². The second kappa shape index (κ2) is 5.33. The van der Waals surface area contributed by atoms with Crippen molar-refractivity contribution in [2.24, 2.45) is 0 Å². The summed E-state index contributed by atoms with van der Waals surface area (Å²) >= 11 is 0. The maximum atomic E-state index is 5.42. The molecule has 1 nitrogen and oxygen atoms in total. The van der Waals surface area contributed by atoms with Crippen molar-refractivity contribution in [1.29, 1.82) is 0 Å². The molecule has 1 rings (SSSR count). The summed E-state index contributed by atoms with van der Waals surface area (Å²) in [6.07, 6.45) is 2.43. The van der Waals surface area contributed by atoms with E-state index < -0.39 is 0 Å². The third-order valence-corrected chi connectivity index (χ3v) is 6.55. The molecule has 0 N–H and O–H groups in total. The lowest BCUT2D eigenvalue weighted by Gasteiger charge is -1.96. The second-order valence-electron chi connectivity index (χ2n) is 2.60. The smallest absolute Gasteiger partial charge is 0.224 e. The minimum absolute atomic E-state index is 0.721. The van der Waals surface area contributed by atoms with Crippen molar-refractivity contribution in [3.8, 4) is 0 Å². The fourth-order valence-electron chi connectivity index (χ4n) is 0.975. The van der Waals surface area contributed by atoms with Gasteiger partial charge in [0, 0.05) is 13.0 Å². The predicted octanol–water partition coefficient (Wildman–Crippen LogP) is 2.43. The van der Waals surface area contributed by atoms with Crippen LogP contribution in [0.4, 0.5) is 0 Å². The average Bonchev–Trinajstić information content (AvgIpc) is 2.77. The molecule has 11 heavy (non-hydrogen) atoms. The van der Waals surface area contributed by atoms with Gasteiger partial charge in [-0.1, -0.05) is 6.92 Å². The van der Waals surface area contributed by atoms with Gasteiger partial charge in [0.05, 0.1) is 16.5 Å². The van der Waals surface area contributed by atoms with Crippen molar-refractivity contribution in [3.63, 3.8) is 0 Å². The average molecular weight is 193 g/mol. The Morgan fingerprint density at radius 1 is 1.36 bits per heavy atom. The van der Waals surface area contributed by atoms with Crippen molar-refractivity contribution in [1.82, 2.24) is 0 Å². The van der Waals surface area contributed by atoms with E-state index in [1.165, 1.54) is 12.2 Å². The van der Waals surface area contributed by atoms with Gasteiger partial charge < -0.3 is 4.74 Å². The molecule has 66 valence electrons. The zero-order valence-electron chi connectivity index (χ0n) is 7.34. The highest BCUT2D eigenvalue weighted by molar-refractivity contribution is 8.90. The Balaban J connectivity index is 1.82. The fourth-order valence-corrected chi connectivity index (χ4v) is 4.85. The van der Waals surface area contributed by atoms with Gasteiger partial charge in [-0.2, -0.15) is 0 Å². The summed E-state index contributed by atoms with van der Waals surface area (Å²) < 4.78 is 6.37. The third kappa shape index (κ3) is 3.72. The van der Waals surface area contributed by atoms with Crippen LogP contribution in [-0.2, 0) is 14.7 Å². The number of ether oxygens (including phenoxy) is 1. The largest absolute Gasteiger partial charge is 0.381 e. The van der Waals surface area contributed by atoms with E-state index in [-0.39, 0.29) is 0 Å². The first kappa shape index (κ1) is 9.75. The minimum Gasteiger partial charge on any atom is -0.381 e. The number of hydrogen-bond donors (Lipinski definition) is 0. The highest BCUT2D eigenvalue weighted by Crippen LogP contribution is 2.48. The molecule has 1 aliphatic rings. The molecule has 2 atom stereocenters. The third-order valence-electron chi connectivity index (χ3n) is 1.62. The van der Waals surface area contributed by atoms with Gasteiger partial charge in [0.2, 0.25) is 4.58 Å². The van der Waals surface area contributed by atoms with Crippen molar-refractivity contribution in [2.45, 2.75) is 31.3 Å². The summed E-state index contributed by atoms with van der Waals surface area (Å²) in [5.74, 6) is 1.36. The topological polar surface area (TPSA) is 9.23 Å². The van der Waals surface area contributed by atoms with E-state index in [0.717, 1.165) is 34.1 Å². The molecule has 1 saturated heterocycles. The van der Waals surface area contributed by atoms with Crippen molar-refractivity contribution >= 4 is 20.7 Å². The Morgan fingerprint density at radius 2 is 2.18 bits per heavy atom. The van der Waals surface area contributed by atoms with Crippen LogP contribution in [0, 0.1) is 0 Å². The van der Waals surface area contributed by atoms with Crippen LogP contribution in [0.25, 0.3) is 0 Å². The summed E-state index contributed by atoms with van der Waals surface area (Å²) in [6.45, 7) is 6.36. The van der Waals surface area contributed by atoms with E-state index in [2.05, 4.69) is 24.6 Å². The monoisotopic (exact) mass is 193 g/mol. The molecule has 0 radical (unpaired) electrons. The van der Waals surface area contributed by atoms with E-state index in [9.17, 15) is 0 Å². The fraction of sp³-hybridized carbons (Fsp3) is 1.00. The van der Waals surface area contributed by atoms with Crippen LogP contribution >= 0.6 is 10.8 Å². The van der Waals surface area contributed by atoms with E-state index >= 15 is 0 Å². The Labute approximate surface area is 76.0 Å². The first-order chi connectivity index (χ1) is 5.38. The lowest BCUT2D eigenvalue weighted by Crippen LogP contribution is -2.00. The van der Waals surface area contributed by atoms with Gasteiger partial charge in [0.15, 0.2) is 10.8 Å². The molecule has 3 heteroatoms. The van der Waals surface area contributed by atoms with Crippen molar-refractivity contribution < 1.29 is 4.74 Å². The van der Waals surface area contributed by atoms with Gasteiger partial charge in [-0.3, -0.25) is 0 Å². The van der Waals surface area contributed by atoms with E-state index in [4.69, 9.17) is 4.74 Å². The minimum atomic E-state index is 0.721. The molecule has 0 aliphatic carbocycles. The van der Waals surface area contributed by atoms with Gasteiger partial charge in [-0.05, 0) is 13.3 Å². The standard InChI is InChI=1S/C8H17OS2/c1-3-6-9-7-5-8-10-11(8)4-2/h8H,3-7H2,1-2H3/q+1. The van der Waals surface area contributed by atoms with Crippen molar-refractivity contribution in [2.75, 3.05) is 19.0 Å². The molecule has 1 aliphatic heterocycles. The van der Waals surface area contributed by atoms with Gasteiger partial charge in [-0.25, -0.2) is 0 Å². The Bertz CT molecular complexity index is 108. The highest BCUT2D eigenvalue weighted by atomic mass is 33.2. The molecule has 1 heterocycles. The molecule has 0 bridgehead atoms. The van der Waals surface area contributed by atoms with Gasteiger partial charge in [0.25, 0.3) is 0 Å². The van der Waals surface area contributed by atoms with Gasteiger partial charge in [0.1, 0.15) is 5.75 Å². The Hall–Kier alpha value is 0.660. The number of hydrogen-bond acceptors (Lipinski definition) is 2. The summed E-state index contributed by atoms with van der Waals surface area (Å²) in [4.78, 5) is 0. The molecule has 0 spiro atoms. The maximum Gasteiger partial charge on any atom is 0.224 e. The van der Waals surface area contributed by atoms with E-state index in [1.54, 1.807) is 0 Å². The summed E-state index contributed by atoms with van der Waals surface area (Å²) in [5.41, 5.74) is 0. The van der Waals surface area contributed by atoms with Crippen LogP contribution in [-0.4, -0.2) is 23.5 Å². The number of rotatable bonds is 6. The molecule has 0 aromatic rings. The Kier molecular flexibility index (Phi) is 4.72. The summed E-state index contributed by atoms with van der Waals surface area (Å²) in [5, 5.41) is 0. The van der Waals surface area contributed by atoms with Crippen molar-refractivity contribution in [3.05, 3.63) is 0 Å². The van der Waals surface area contributed by atoms with Crippen LogP contribution in [0.3, 0.4) is 0 Å². The van der Waals surface area contributed by atoms with Crippen LogP contribution in [0.2, 0.25) is 0 Å². The molecular weight excluding hydrogens is 176 g/mol. The SMILES string of the molecule is CCCOCCC1S[S+]1CC. The quantitative estimate of drug-likeness (QED) is 0.277. The normalized spacial score (nSPS) is 28.9. The summed E-state index contributed by atoms with van der Waals surface area (Å²) in [7, 11) is 2.86. The zero-order chi connectivity index (χ0) is 8.10.